The molecule has 0 atom stereocenters. The molecule has 0 aromatic carbocycles. The molecule has 0 saturated heterocycles. The molecule has 19 heavy (non-hydrogen) atoms. The molecule has 0 radical (unpaired) electrons. The zero-order valence-electron chi connectivity index (χ0n) is 10.6. The molecule has 1 N–H and O–H groups in total. The van der Waals surface area contributed by atoms with Gasteiger partial charge < -0.3 is 5.32 Å². The summed E-state index contributed by atoms with van der Waals surface area (Å²) >= 11 is 0. The summed E-state index contributed by atoms with van der Waals surface area (Å²) in [5.74, 6) is -0.209. The molecule has 0 aromatic heterocycles. The third kappa shape index (κ3) is 5.27. The summed E-state index contributed by atoms with van der Waals surface area (Å²) in [6, 6.07) is 0.0421. The first-order valence-corrected chi connectivity index (χ1v) is 8.18. The molecular formula is C11H19F3N2O2S. The van der Waals surface area contributed by atoms with E-state index in [-0.39, 0.29) is 5.75 Å². The number of halogens is 3. The number of sulfonamides is 1. The zero-order chi connectivity index (χ0) is 14.1. The lowest BCUT2D eigenvalue weighted by atomic mass is 10.5. The number of hydrogen-bond acceptors (Lipinski definition) is 3. The molecule has 2 saturated carbocycles. The third-order valence-electron chi connectivity index (χ3n) is 3.24. The molecule has 2 fully saturated rings. The number of alkyl halides is 3. The van der Waals surface area contributed by atoms with E-state index < -0.39 is 28.8 Å². The zero-order valence-corrected chi connectivity index (χ0v) is 11.4. The summed E-state index contributed by atoms with van der Waals surface area (Å²) in [4.78, 5) is 0. The monoisotopic (exact) mass is 300 g/mol. The largest absolute Gasteiger partial charge is 0.402 e. The maximum atomic E-state index is 12.4. The minimum Gasteiger partial charge on any atom is -0.314 e. The van der Waals surface area contributed by atoms with Crippen LogP contribution in [0.2, 0.25) is 0 Å². The Morgan fingerprint density at radius 3 is 2.26 bits per heavy atom. The van der Waals surface area contributed by atoms with E-state index in [1.807, 2.05) is 0 Å². The van der Waals surface area contributed by atoms with Gasteiger partial charge in [0.25, 0.3) is 0 Å². The van der Waals surface area contributed by atoms with Crippen LogP contribution in [0.25, 0.3) is 0 Å². The Morgan fingerprint density at radius 2 is 1.79 bits per heavy atom. The van der Waals surface area contributed by atoms with Gasteiger partial charge in [-0.15, -0.1) is 0 Å². The van der Waals surface area contributed by atoms with Crippen molar-refractivity contribution in [3.8, 4) is 0 Å². The molecule has 0 aromatic rings. The molecule has 0 spiro atoms. The summed E-state index contributed by atoms with van der Waals surface area (Å²) in [5.41, 5.74) is 0. The van der Waals surface area contributed by atoms with Crippen molar-refractivity contribution < 1.29 is 21.6 Å². The lowest BCUT2D eigenvalue weighted by Crippen LogP contribution is -2.42. The number of hydrogen-bond donors (Lipinski definition) is 1. The van der Waals surface area contributed by atoms with Crippen LogP contribution in [0.5, 0.6) is 0 Å². The number of nitrogens with one attached hydrogen (secondary N) is 1. The fourth-order valence-corrected chi connectivity index (χ4v) is 3.71. The van der Waals surface area contributed by atoms with Crippen molar-refractivity contribution in [3.63, 3.8) is 0 Å². The highest BCUT2D eigenvalue weighted by Crippen LogP contribution is 2.32. The standard InChI is InChI=1S/C11H19F3N2O2S/c12-11(13,14)8-16(10-4-5-10)19(17,18)7-1-6-15-9-2-3-9/h9-10,15H,1-8H2. The van der Waals surface area contributed by atoms with Crippen LogP contribution >= 0.6 is 0 Å². The fraction of sp³-hybridized carbons (Fsp3) is 1.00. The molecule has 2 aliphatic rings. The Kier molecular flexibility index (Phi) is 4.42. The average Bonchev–Trinajstić information content (AvgIpc) is 3.12. The SMILES string of the molecule is O=S(=O)(CCCNC1CC1)N(CC(F)(F)F)C1CC1. The second-order valence-electron chi connectivity index (χ2n) is 5.29. The van der Waals surface area contributed by atoms with Gasteiger partial charge in [-0.2, -0.15) is 17.5 Å². The average molecular weight is 300 g/mol. The van der Waals surface area contributed by atoms with Crippen molar-refractivity contribution in [2.45, 2.75) is 50.4 Å². The van der Waals surface area contributed by atoms with E-state index in [0.717, 1.165) is 12.8 Å². The highest BCUT2D eigenvalue weighted by molar-refractivity contribution is 7.89. The van der Waals surface area contributed by atoms with E-state index in [1.165, 1.54) is 0 Å². The van der Waals surface area contributed by atoms with Crippen molar-refractivity contribution in [1.82, 2.24) is 9.62 Å². The van der Waals surface area contributed by atoms with Gasteiger partial charge in [0.15, 0.2) is 0 Å². The van der Waals surface area contributed by atoms with E-state index in [9.17, 15) is 21.6 Å². The van der Waals surface area contributed by atoms with E-state index in [2.05, 4.69) is 5.32 Å². The predicted molar refractivity (Wildman–Crippen MR) is 65.2 cm³/mol. The van der Waals surface area contributed by atoms with Crippen LogP contribution in [0.3, 0.4) is 0 Å². The summed E-state index contributed by atoms with van der Waals surface area (Å²) in [6.07, 6.45) is -0.822. The Labute approximate surface area is 111 Å². The van der Waals surface area contributed by atoms with Gasteiger partial charge in [-0.25, -0.2) is 8.42 Å². The van der Waals surface area contributed by atoms with Gasteiger partial charge in [-0.1, -0.05) is 0 Å². The molecular weight excluding hydrogens is 281 g/mol. The van der Waals surface area contributed by atoms with Gasteiger partial charge in [0, 0.05) is 12.1 Å². The first-order valence-electron chi connectivity index (χ1n) is 6.57. The van der Waals surface area contributed by atoms with Crippen LogP contribution in [-0.2, 0) is 10.0 Å². The predicted octanol–water partition coefficient (Wildman–Crippen LogP) is 1.49. The normalized spacial score (nSPS) is 21.1. The molecule has 2 rings (SSSR count). The minimum atomic E-state index is -4.47. The van der Waals surface area contributed by atoms with Gasteiger partial charge in [0.2, 0.25) is 10.0 Å². The molecule has 112 valence electrons. The summed E-state index contributed by atoms with van der Waals surface area (Å²) < 4.78 is 61.8. The molecule has 0 heterocycles. The molecule has 0 bridgehead atoms. The molecule has 4 nitrogen and oxygen atoms in total. The van der Waals surface area contributed by atoms with Crippen molar-refractivity contribution in [2.75, 3.05) is 18.8 Å². The lowest BCUT2D eigenvalue weighted by Gasteiger charge is -2.23. The van der Waals surface area contributed by atoms with Crippen LogP contribution in [0.15, 0.2) is 0 Å². The fourth-order valence-electron chi connectivity index (χ4n) is 1.96. The summed E-state index contributed by atoms with van der Waals surface area (Å²) in [7, 11) is -3.80. The first kappa shape index (κ1) is 15.1. The van der Waals surface area contributed by atoms with E-state index >= 15 is 0 Å². The highest BCUT2D eigenvalue weighted by atomic mass is 32.2. The van der Waals surface area contributed by atoms with Crippen molar-refractivity contribution in [3.05, 3.63) is 0 Å². The lowest BCUT2D eigenvalue weighted by molar-refractivity contribution is -0.136. The van der Waals surface area contributed by atoms with Crippen LogP contribution in [0.4, 0.5) is 13.2 Å². The van der Waals surface area contributed by atoms with E-state index in [1.54, 1.807) is 0 Å². The Bertz CT molecular complexity index is 403. The minimum absolute atomic E-state index is 0.209. The second kappa shape index (κ2) is 5.57. The molecule has 0 unspecified atom stereocenters. The number of nitrogens with zero attached hydrogens (tertiary/aromatic N) is 1. The quantitative estimate of drug-likeness (QED) is 0.691. The second-order valence-corrected chi connectivity index (χ2v) is 7.33. The maximum absolute atomic E-state index is 12.4. The van der Waals surface area contributed by atoms with Gasteiger partial charge >= 0.3 is 6.18 Å². The first-order chi connectivity index (χ1) is 8.78. The van der Waals surface area contributed by atoms with Crippen molar-refractivity contribution >= 4 is 10.0 Å². The maximum Gasteiger partial charge on any atom is 0.402 e. The van der Waals surface area contributed by atoms with E-state index in [0.29, 0.717) is 36.2 Å². The Balaban J connectivity index is 1.82. The van der Waals surface area contributed by atoms with Gasteiger partial charge in [0.05, 0.1) is 5.75 Å². The molecule has 0 amide bonds. The van der Waals surface area contributed by atoms with Crippen molar-refractivity contribution in [1.29, 1.82) is 0 Å². The van der Waals surface area contributed by atoms with Crippen LogP contribution in [0, 0.1) is 0 Å². The molecule has 0 aliphatic heterocycles. The van der Waals surface area contributed by atoms with Crippen LogP contribution in [0.1, 0.15) is 32.1 Å². The Morgan fingerprint density at radius 1 is 1.16 bits per heavy atom. The molecule has 8 heteroatoms. The Hall–Kier alpha value is -0.340. The topological polar surface area (TPSA) is 49.4 Å². The van der Waals surface area contributed by atoms with Crippen molar-refractivity contribution in [2.24, 2.45) is 0 Å². The molecule has 2 aliphatic carbocycles. The smallest absolute Gasteiger partial charge is 0.314 e. The van der Waals surface area contributed by atoms with Gasteiger partial charge in [0.1, 0.15) is 6.54 Å². The van der Waals surface area contributed by atoms with Crippen LogP contribution < -0.4 is 5.32 Å². The van der Waals surface area contributed by atoms with Crippen LogP contribution in [-0.4, -0.2) is 49.8 Å². The van der Waals surface area contributed by atoms with Gasteiger partial charge in [-0.3, -0.25) is 0 Å². The van der Waals surface area contributed by atoms with E-state index in [4.69, 9.17) is 0 Å². The third-order valence-corrected chi connectivity index (χ3v) is 5.18. The summed E-state index contributed by atoms with van der Waals surface area (Å²) in [5, 5.41) is 3.16. The highest BCUT2D eigenvalue weighted by Gasteiger charge is 2.43. The number of rotatable bonds is 8. The summed E-state index contributed by atoms with van der Waals surface area (Å²) in [6.45, 7) is -0.801. The van der Waals surface area contributed by atoms with Gasteiger partial charge in [-0.05, 0) is 38.6 Å².